The van der Waals surface area contributed by atoms with Crippen LogP contribution < -0.4 is 5.32 Å². The molecule has 0 radical (unpaired) electrons. The van der Waals surface area contributed by atoms with Crippen LogP contribution in [0.2, 0.25) is 0 Å². The second-order valence-electron chi connectivity index (χ2n) is 7.17. The maximum absolute atomic E-state index is 4.59. The fourth-order valence-electron chi connectivity index (χ4n) is 3.83. The molecule has 0 aromatic carbocycles. The first-order chi connectivity index (χ1) is 12.8. The summed E-state index contributed by atoms with van der Waals surface area (Å²) in [6, 6.07) is 6.15. The van der Waals surface area contributed by atoms with Gasteiger partial charge in [-0.15, -0.1) is 0 Å². The number of nitrogens with zero attached hydrogens (tertiary/aromatic N) is 4. The molecule has 1 aliphatic carbocycles. The zero-order chi connectivity index (χ0) is 17.8. The summed E-state index contributed by atoms with van der Waals surface area (Å²) in [4.78, 5) is 4.21. The average molecular weight is 350 g/mol. The van der Waals surface area contributed by atoms with Crippen LogP contribution in [0, 0.1) is 0 Å². The number of rotatable bonds is 5. The van der Waals surface area contributed by atoms with Gasteiger partial charge in [-0.05, 0) is 25.0 Å². The molecule has 136 valence electrons. The predicted molar refractivity (Wildman–Crippen MR) is 103 cm³/mol. The minimum absolute atomic E-state index is 0.630. The minimum atomic E-state index is 0.630. The van der Waals surface area contributed by atoms with Crippen molar-refractivity contribution in [3.8, 4) is 11.3 Å². The molecule has 3 heterocycles. The lowest BCUT2D eigenvalue weighted by Crippen LogP contribution is -2.00. The zero-order valence-corrected chi connectivity index (χ0v) is 15.3. The van der Waals surface area contributed by atoms with E-state index in [4.69, 9.17) is 0 Å². The van der Waals surface area contributed by atoms with Gasteiger partial charge >= 0.3 is 0 Å². The van der Waals surface area contributed by atoms with Crippen molar-refractivity contribution in [2.75, 3.05) is 5.32 Å². The van der Waals surface area contributed by atoms with Crippen LogP contribution in [0.4, 0.5) is 5.82 Å². The third-order valence-corrected chi connectivity index (χ3v) is 5.19. The van der Waals surface area contributed by atoms with Crippen LogP contribution in [0.25, 0.3) is 11.3 Å². The number of aromatic amines is 1. The normalized spacial score (nSPS) is 15.7. The topological polar surface area (TPSA) is 71.4 Å². The highest BCUT2D eigenvalue weighted by molar-refractivity contribution is 5.62. The number of hydrogen-bond donors (Lipinski definition) is 2. The molecule has 2 N–H and O–H groups in total. The molecule has 4 rings (SSSR count). The third kappa shape index (κ3) is 3.79. The Morgan fingerprint density at radius 3 is 2.85 bits per heavy atom. The highest BCUT2D eigenvalue weighted by Crippen LogP contribution is 2.31. The van der Waals surface area contributed by atoms with Gasteiger partial charge in [0.25, 0.3) is 0 Å². The molecule has 6 nitrogen and oxygen atoms in total. The molecule has 0 unspecified atom stereocenters. The summed E-state index contributed by atoms with van der Waals surface area (Å²) >= 11 is 0. The van der Waals surface area contributed by atoms with Crippen molar-refractivity contribution in [3.05, 3.63) is 48.0 Å². The Morgan fingerprint density at radius 1 is 1.23 bits per heavy atom. The molecule has 1 fully saturated rings. The maximum Gasteiger partial charge on any atom is 0.148 e. The Hall–Kier alpha value is -2.63. The number of H-pyrrole nitrogens is 1. The molecule has 1 saturated carbocycles. The smallest absolute Gasteiger partial charge is 0.148 e. The Bertz CT molecular complexity index is 827. The Balaban J connectivity index is 1.45. The van der Waals surface area contributed by atoms with E-state index in [-0.39, 0.29) is 0 Å². The van der Waals surface area contributed by atoms with Gasteiger partial charge in [-0.1, -0.05) is 25.7 Å². The van der Waals surface area contributed by atoms with Crippen LogP contribution in [0.1, 0.15) is 55.7 Å². The van der Waals surface area contributed by atoms with E-state index < -0.39 is 0 Å². The fraction of sp³-hybridized carbons (Fsp3) is 0.450. The van der Waals surface area contributed by atoms with Gasteiger partial charge in [0, 0.05) is 61.0 Å². The van der Waals surface area contributed by atoms with Crippen molar-refractivity contribution in [1.82, 2.24) is 25.0 Å². The predicted octanol–water partition coefficient (Wildman–Crippen LogP) is 4.26. The Kier molecular flexibility index (Phi) is 5.00. The van der Waals surface area contributed by atoms with Gasteiger partial charge in [0.05, 0.1) is 5.69 Å². The molecule has 26 heavy (non-hydrogen) atoms. The molecule has 0 bridgehead atoms. The monoisotopic (exact) mass is 350 g/mol. The Labute approximate surface area is 154 Å². The molecule has 0 saturated heterocycles. The van der Waals surface area contributed by atoms with Gasteiger partial charge in [0.1, 0.15) is 5.82 Å². The van der Waals surface area contributed by atoms with Crippen LogP contribution >= 0.6 is 0 Å². The van der Waals surface area contributed by atoms with Crippen LogP contribution in [0.5, 0.6) is 0 Å². The van der Waals surface area contributed by atoms with Crippen LogP contribution in [0.15, 0.2) is 36.8 Å². The molecule has 3 aromatic heterocycles. The SMILES string of the molecule is Cn1cc(CNc2cc(C3CCCCCC3)[nH]n2)c(-c2cccnc2)n1. The van der Waals surface area contributed by atoms with Crippen LogP contribution in [0.3, 0.4) is 0 Å². The first-order valence-electron chi connectivity index (χ1n) is 9.51. The molecule has 1 aliphatic rings. The average Bonchev–Trinajstić information content (AvgIpc) is 3.18. The van der Waals surface area contributed by atoms with E-state index in [1.807, 2.05) is 36.3 Å². The third-order valence-electron chi connectivity index (χ3n) is 5.19. The van der Waals surface area contributed by atoms with E-state index in [1.165, 1.54) is 44.2 Å². The van der Waals surface area contributed by atoms with Gasteiger partial charge in [-0.2, -0.15) is 10.2 Å². The summed E-state index contributed by atoms with van der Waals surface area (Å²) in [6.45, 7) is 0.688. The minimum Gasteiger partial charge on any atom is -0.364 e. The van der Waals surface area contributed by atoms with Crippen molar-refractivity contribution in [2.24, 2.45) is 7.05 Å². The molecule has 6 heteroatoms. The van der Waals surface area contributed by atoms with Crippen molar-refractivity contribution in [1.29, 1.82) is 0 Å². The lowest BCUT2D eigenvalue weighted by atomic mass is 9.97. The van der Waals surface area contributed by atoms with E-state index in [1.54, 1.807) is 6.20 Å². The summed E-state index contributed by atoms with van der Waals surface area (Å²) in [5.41, 5.74) is 4.41. The lowest BCUT2D eigenvalue weighted by Gasteiger charge is -2.10. The fourth-order valence-corrected chi connectivity index (χ4v) is 3.83. The number of aromatic nitrogens is 5. The van der Waals surface area contributed by atoms with E-state index in [0.717, 1.165) is 22.6 Å². The number of hydrogen-bond acceptors (Lipinski definition) is 4. The number of aryl methyl sites for hydroxylation is 1. The van der Waals surface area contributed by atoms with Crippen molar-refractivity contribution >= 4 is 5.82 Å². The second kappa shape index (κ2) is 7.72. The Morgan fingerprint density at radius 2 is 2.08 bits per heavy atom. The van der Waals surface area contributed by atoms with Gasteiger partial charge in [0.2, 0.25) is 0 Å². The highest BCUT2D eigenvalue weighted by Gasteiger charge is 2.17. The van der Waals surface area contributed by atoms with Gasteiger partial charge in [-0.25, -0.2) is 0 Å². The first-order valence-corrected chi connectivity index (χ1v) is 9.51. The summed E-state index contributed by atoms with van der Waals surface area (Å²) in [7, 11) is 1.95. The molecular weight excluding hydrogens is 324 g/mol. The summed E-state index contributed by atoms with van der Waals surface area (Å²) in [5.74, 6) is 1.54. The quantitative estimate of drug-likeness (QED) is 0.675. The number of pyridine rings is 1. The van der Waals surface area contributed by atoms with Crippen molar-refractivity contribution in [2.45, 2.75) is 51.0 Å². The second-order valence-corrected chi connectivity index (χ2v) is 7.17. The van der Waals surface area contributed by atoms with Crippen LogP contribution in [-0.2, 0) is 13.6 Å². The first kappa shape index (κ1) is 16.8. The number of nitrogens with one attached hydrogen (secondary N) is 2. The summed E-state index contributed by atoms with van der Waals surface area (Å²) < 4.78 is 1.85. The van der Waals surface area contributed by atoms with E-state index in [2.05, 4.69) is 31.7 Å². The summed E-state index contributed by atoms with van der Waals surface area (Å²) in [6.07, 6.45) is 13.6. The van der Waals surface area contributed by atoms with E-state index in [9.17, 15) is 0 Å². The molecular formula is C20H26N6. The molecule has 0 aliphatic heterocycles. The van der Waals surface area contributed by atoms with E-state index >= 15 is 0 Å². The van der Waals surface area contributed by atoms with Crippen LogP contribution in [-0.4, -0.2) is 25.0 Å². The standard InChI is InChI=1S/C20H26N6/c1-26-14-17(20(25-26)16-9-6-10-21-12-16)13-22-19-11-18(23-24-19)15-7-4-2-3-5-8-15/h6,9-12,14-15H,2-5,7-8,13H2,1H3,(H2,22,23,24). The maximum atomic E-state index is 4.59. The van der Waals surface area contributed by atoms with Gasteiger partial charge in [-0.3, -0.25) is 14.8 Å². The van der Waals surface area contributed by atoms with Gasteiger partial charge in [0.15, 0.2) is 0 Å². The van der Waals surface area contributed by atoms with Gasteiger partial charge < -0.3 is 5.32 Å². The van der Waals surface area contributed by atoms with Crippen molar-refractivity contribution in [3.63, 3.8) is 0 Å². The number of anilines is 1. The molecule has 0 amide bonds. The molecule has 3 aromatic rings. The van der Waals surface area contributed by atoms with E-state index in [0.29, 0.717) is 12.5 Å². The lowest BCUT2D eigenvalue weighted by molar-refractivity contribution is 0.576. The summed E-state index contributed by atoms with van der Waals surface area (Å²) in [5, 5.41) is 15.8. The largest absolute Gasteiger partial charge is 0.364 e. The zero-order valence-electron chi connectivity index (χ0n) is 15.3. The molecule has 0 spiro atoms. The highest BCUT2D eigenvalue weighted by atomic mass is 15.3. The molecule has 0 atom stereocenters. The van der Waals surface area contributed by atoms with Crippen molar-refractivity contribution < 1.29 is 0 Å².